The summed E-state index contributed by atoms with van der Waals surface area (Å²) in [5.41, 5.74) is -0.466. The molecule has 0 aromatic heterocycles. The number of carbonyl (C=O) groups is 2. The highest BCUT2D eigenvalue weighted by Crippen LogP contribution is 2.31. The van der Waals surface area contributed by atoms with E-state index in [2.05, 4.69) is 0 Å². The third-order valence-corrected chi connectivity index (χ3v) is 3.20. The van der Waals surface area contributed by atoms with Crippen molar-refractivity contribution in [3.05, 3.63) is 0 Å². The molecule has 0 saturated heterocycles. The van der Waals surface area contributed by atoms with E-state index in [0.717, 1.165) is 25.7 Å². The average molecular weight is 270 g/mol. The van der Waals surface area contributed by atoms with Crippen molar-refractivity contribution in [2.24, 2.45) is 11.8 Å². The molecule has 0 aromatic carbocycles. The molecule has 1 saturated carbocycles. The van der Waals surface area contributed by atoms with Crippen LogP contribution < -0.4 is 0 Å². The van der Waals surface area contributed by atoms with E-state index >= 15 is 0 Å². The summed E-state index contributed by atoms with van der Waals surface area (Å²) in [5.74, 6) is -0.638. The van der Waals surface area contributed by atoms with Gasteiger partial charge in [0.1, 0.15) is 5.60 Å². The van der Waals surface area contributed by atoms with Gasteiger partial charge in [-0.1, -0.05) is 13.3 Å². The normalized spacial score (nSPS) is 23.8. The van der Waals surface area contributed by atoms with E-state index in [1.807, 2.05) is 27.7 Å². The zero-order chi connectivity index (χ0) is 14.5. The largest absolute Gasteiger partial charge is 0.465 e. The molecule has 2 atom stereocenters. The Morgan fingerprint density at radius 3 is 2.21 bits per heavy atom. The van der Waals surface area contributed by atoms with Gasteiger partial charge in [0.15, 0.2) is 0 Å². The predicted molar refractivity (Wildman–Crippen MR) is 72.5 cm³/mol. The zero-order valence-corrected chi connectivity index (χ0v) is 12.5. The number of hydrogen-bond donors (Lipinski definition) is 0. The van der Waals surface area contributed by atoms with E-state index in [9.17, 15) is 9.59 Å². The van der Waals surface area contributed by atoms with Gasteiger partial charge in [0, 0.05) is 0 Å². The van der Waals surface area contributed by atoms with Crippen molar-refractivity contribution in [2.45, 2.75) is 65.4 Å². The molecule has 0 heterocycles. The zero-order valence-electron chi connectivity index (χ0n) is 12.5. The summed E-state index contributed by atoms with van der Waals surface area (Å²) >= 11 is 0. The molecule has 1 rings (SSSR count). The molecule has 1 fully saturated rings. The molecule has 4 nitrogen and oxygen atoms in total. The van der Waals surface area contributed by atoms with Crippen LogP contribution in [0.2, 0.25) is 0 Å². The van der Waals surface area contributed by atoms with Gasteiger partial charge in [0.25, 0.3) is 0 Å². The van der Waals surface area contributed by atoms with Crippen molar-refractivity contribution in [2.75, 3.05) is 6.61 Å². The molecular weight excluding hydrogens is 244 g/mol. The Bertz CT molecular complexity index is 317. The van der Waals surface area contributed by atoms with Crippen LogP contribution in [-0.2, 0) is 19.1 Å². The minimum atomic E-state index is -0.466. The topological polar surface area (TPSA) is 52.6 Å². The molecule has 2 unspecified atom stereocenters. The Labute approximate surface area is 115 Å². The molecule has 0 bridgehead atoms. The minimum Gasteiger partial charge on any atom is -0.465 e. The predicted octanol–water partition coefficient (Wildman–Crippen LogP) is 3.09. The lowest BCUT2D eigenvalue weighted by Crippen LogP contribution is -2.33. The first-order valence-electron chi connectivity index (χ1n) is 7.23. The van der Waals surface area contributed by atoms with Crippen molar-refractivity contribution in [1.82, 2.24) is 0 Å². The summed E-state index contributed by atoms with van der Waals surface area (Å²) < 4.78 is 10.6. The van der Waals surface area contributed by atoms with E-state index in [-0.39, 0.29) is 23.8 Å². The molecule has 0 aromatic rings. The molecule has 0 aliphatic heterocycles. The highest BCUT2D eigenvalue weighted by molar-refractivity contribution is 5.76. The van der Waals surface area contributed by atoms with E-state index in [0.29, 0.717) is 13.0 Å². The van der Waals surface area contributed by atoms with Crippen LogP contribution in [0.4, 0.5) is 0 Å². The number of carbonyl (C=O) groups excluding carboxylic acids is 2. The van der Waals surface area contributed by atoms with Gasteiger partial charge in [-0.25, -0.2) is 0 Å². The molecule has 0 amide bonds. The first kappa shape index (κ1) is 16.0. The molecule has 0 radical (unpaired) electrons. The lowest BCUT2D eigenvalue weighted by Gasteiger charge is -2.29. The Balaban J connectivity index is 2.50. The molecular formula is C15H26O4. The van der Waals surface area contributed by atoms with Crippen molar-refractivity contribution >= 4 is 11.9 Å². The summed E-state index contributed by atoms with van der Waals surface area (Å²) in [6, 6.07) is 0. The van der Waals surface area contributed by atoms with Gasteiger partial charge in [0.2, 0.25) is 0 Å². The van der Waals surface area contributed by atoms with E-state index in [1.165, 1.54) is 0 Å². The van der Waals surface area contributed by atoms with Gasteiger partial charge >= 0.3 is 11.9 Å². The number of hydrogen-bond acceptors (Lipinski definition) is 4. The summed E-state index contributed by atoms with van der Waals surface area (Å²) in [4.78, 5) is 23.9. The van der Waals surface area contributed by atoms with Crippen LogP contribution >= 0.6 is 0 Å². The summed E-state index contributed by atoms with van der Waals surface area (Å²) in [7, 11) is 0. The highest BCUT2D eigenvalue weighted by atomic mass is 16.6. The maximum atomic E-state index is 12.0. The first-order chi connectivity index (χ1) is 8.83. The number of esters is 2. The summed E-state index contributed by atoms with van der Waals surface area (Å²) in [6.07, 6.45) is 3.91. The van der Waals surface area contributed by atoms with Crippen LogP contribution in [0.25, 0.3) is 0 Å². The average Bonchev–Trinajstić information content (AvgIpc) is 2.34. The van der Waals surface area contributed by atoms with Crippen LogP contribution in [0.3, 0.4) is 0 Å². The summed E-state index contributed by atoms with van der Waals surface area (Å²) in [6.45, 7) is 8.02. The SMILES string of the molecule is CCCOC(=O)C1CCCC(C(=O)OC(C)(C)C)C1. The van der Waals surface area contributed by atoms with Crippen LogP contribution in [0.5, 0.6) is 0 Å². The second kappa shape index (κ2) is 6.92. The van der Waals surface area contributed by atoms with Gasteiger partial charge in [-0.05, 0) is 46.5 Å². The van der Waals surface area contributed by atoms with Crippen LogP contribution in [0, 0.1) is 11.8 Å². The fraction of sp³-hybridized carbons (Fsp3) is 0.867. The first-order valence-corrected chi connectivity index (χ1v) is 7.23. The van der Waals surface area contributed by atoms with Gasteiger partial charge in [-0.15, -0.1) is 0 Å². The maximum absolute atomic E-state index is 12.0. The van der Waals surface area contributed by atoms with Gasteiger partial charge in [-0.3, -0.25) is 9.59 Å². The van der Waals surface area contributed by atoms with Crippen LogP contribution in [0.1, 0.15) is 59.8 Å². The molecule has 0 N–H and O–H groups in total. The van der Waals surface area contributed by atoms with Crippen molar-refractivity contribution in [3.8, 4) is 0 Å². The van der Waals surface area contributed by atoms with E-state index in [4.69, 9.17) is 9.47 Å². The Morgan fingerprint density at radius 2 is 1.68 bits per heavy atom. The Kier molecular flexibility index (Phi) is 5.83. The van der Waals surface area contributed by atoms with Gasteiger partial charge in [0.05, 0.1) is 18.4 Å². The smallest absolute Gasteiger partial charge is 0.309 e. The highest BCUT2D eigenvalue weighted by Gasteiger charge is 2.34. The van der Waals surface area contributed by atoms with Gasteiger partial charge in [-0.2, -0.15) is 0 Å². The fourth-order valence-corrected chi connectivity index (χ4v) is 2.32. The van der Waals surface area contributed by atoms with E-state index in [1.54, 1.807) is 0 Å². The van der Waals surface area contributed by atoms with Gasteiger partial charge < -0.3 is 9.47 Å². The maximum Gasteiger partial charge on any atom is 0.309 e. The van der Waals surface area contributed by atoms with Crippen LogP contribution in [0.15, 0.2) is 0 Å². The minimum absolute atomic E-state index is 0.141. The molecule has 19 heavy (non-hydrogen) atoms. The van der Waals surface area contributed by atoms with Crippen molar-refractivity contribution in [3.63, 3.8) is 0 Å². The quantitative estimate of drug-likeness (QED) is 0.737. The molecule has 1 aliphatic carbocycles. The molecule has 4 heteroatoms. The third kappa shape index (κ3) is 5.62. The number of ether oxygens (including phenoxy) is 2. The lowest BCUT2D eigenvalue weighted by molar-refractivity contribution is -0.163. The second-order valence-electron chi connectivity index (χ2n) is 6.26. The lowest BCUT2D eigenvalue weighted by atomic mass is 9.81. The molecule has 1 aliphatic rings. The number of rotatable bonds is 4. The molecule has 0 spiro atoms. The standard InChI is InChI=1S/C15H26O4/c1-5-9-18-13(16)11-7-6-8-12(10-11)14(17)19-15(2,3)4/h11-12H,5-10H2,1-4H3. The van der Waals surface area contributed by atoms with Crippen LogP contribution in [-0.4, -0.2) is 24.1 Å². The van der Waals surface area contributed by atoms with E-state index < -0.39 is 5.60 Å². The Morgan fingerprint density at radius 1 is 1.11 bits per heavy atom. The Hall–Kier alpha value is -1.06. The van der Waals surface area contributed by atoms with Crippen molar-refractivity contribution in [1.29, 1.82) is 0 Å². The third-order valence-electron chi connectivity index (χ3n) is 3.20. The van der Waals surface area contributed by atoms with Crippen molar-refractivity contribution < 1.29 is 19.1 Å². The summed E-state index contributed by atoms with van der Waals surface area (Å²) in [5, 5.41) is 0. The monoisotopic (exact) mass is 270 g/mol. The second-order valence-corrected chi connectivity index (χ2v) is 6.26. The fourth-order valence-electron chi connectivity index (χ4n) is 2.32. The molecule has 110 valence electrons.